The number of nitrogens with zero attached hydrogens (tertiary/aromatic N) is 4. The molecular formula is C5H11N5O2S. The Bertz CT molecular complexity index is 370. The van der Waals surface area contributed by atoms with Gasteiger partial charge in [-0.15, -0.1) is 0 Å². The van der Waals surface area contributed by atoms with Crippen molar-refractivity contribution in [3.63, 3.8) is 0 Å². The highest BCUT2D eigenvalue weighted by atomic mass is 32.2. The van der Waals surface area contributed by atoms with Crippen molar-refractivity contribution in [2.75, 3.05) is 10.5 Å². The van der Waals surface area contributed by atoms with E-state index in [2.05, 4.69) is 20.2 Å². The fraction of sp³-hybridized carbons (Fsp3) is 0.800. The molecule has 0 aromatic carbocycles. The molecular weight excluding hydrogens is 194 g/mol. The van der Waals surface area contributed by atoms with Gasteiger partial charge >= 0.3 is 0 Å². The van der Waals surface area contributed by atoms with E-state index in [9.17, 15) is 8.42 Å². The Morgan fingerprint density at radius 3 is 2.69 bits per heavy atom. The van der Waals surface area contributed by atoms with Crippen LogP contribution < -0.4 is 4.72 Å². The first kappa shape index (κ1) is 9.90. The summed E-state index contributed by atoms with van der Waals surface area (Å²) in [5, 5.41) is 10.3. The summed E-state index contributed by atoms with van der Waals surface area (Å²) in [5.41, 5.74) is 0. The van der Waals surface area contributed by atoms with E-state index in [-0.39, 0.29) is 11.7 Å². The summed E-state index contributed by atoms with van der Waals surface area (Å²) in [5.74, 6) is 0.202. The van der Waals surface area contributed by atoms with Crippen molar-refractivity contribution >= 4 is 16.0 Å². The molecule has 0 unspecified atom stereocenters. The van der Waals surface area contributed by atoms with Crippen LogP contribution in [-0.2, 0) is 17.1 Å². The van der Waals surface area contributed by atoms with Crippen LogP contribution in [0.1, 0.15) is 13.3 Å². The van der Waals surface area contributed by atoms with Crippen molar-refractivity contribution < 1.29 is 8.42 Å². The zero-order valence-corrected chi connectivity index (χ0v) is 8.24. The highest BCUT2D eigenvalue weighted by Crippen LogP contribution is 2.01. The predicted molar refractivity (Wildman–Crippen MR) is 46.5 cm³/mol. The SMILES string of the molecule is CCCS(=O)(=O)Nc1nnnn1C. The van der Waals surface area contributed by atoms with E-state index in [0.29, 0.717) is 6.42 Å². The Labute approximate surface area is 76.2 Å². The second kappa shape index (κ2) is 3.69. The van der Waals surface area contributed by atoms with Crippen molar-refractivity contribution in [2.24, 2.45) is 7.05 Å². The Morgan fingerprint density at radius 1 is 1.54 bits per heavy atom. The van der Waals surface area contributed by atoms with Crippen LogP contribution in [0.25, 0.3) is 0 Å². The smallest absolute Gasteiger partial charge is 0.250 e. The van der Waals surface area contributed by atoms with Gasteiger partial charge < -0.3 is 0 Å². The van der Waals surface area contributed by atoms with Gasteiger partial charge in [-0.3, -0.25) is 4.72 Å². The molecule has 1 rings (SSSR count). The number of sulfonamides is 1. The maximum absolute atomic E-state index is 11.2. The van der Waals surface area contributed by atoms with Crippen LogP contribution in [0.4, 0.5) is 5.95 Å². The van der Waals surface area contributed by atoms with Crippen molar-refractivity contribution in [1.82, 2.24) is 20.2 Å². The average molecular weight is 205 g/mol. The van der Waals surface area contributed by atoms with E-state index >= 15 is 0 Å². The molecule has 7 nitrogen and oxygen atoms in total. The number of tetrazole rings is 1. The van der Waals surface area contributed by atoms with Gasteiger partial charge in [-0.05, 0) is 16.8 Å². The van der Waals surface area contributed by atoms with Gasteiger partial charge in [0.1, 0.15) is 0 Å². The molecule has 0 saturated heterocycles. The van der Waals surface area contributed by atoms with Crippen molar-refractivity contribution in [3.05, 3.63) is 0 Å². The number of nitrogens with one attached hydrogen (secondary N) is 1. The van der Waals surface area contributed by atoms with Gasteiger partial charge in [0.25, 0.3) is 5.95 Å². The van der Waals surface area contributed by atoms with Crippen LogP contribution in [0.5, 0.6) is 0 Å². The molecule has 1 heterocycles. The highest BCUT2D eigenvalue weighted by molar-refractivity contribution is 7.92. The van der Waals surface area contributed by atoms with Crippen molar-refractivity contribution in [3.8, 4) is 0 Å². The lowest BCUT2D eigenvalue weighted by molar-refractivity contribution is 0.598. The summed E-state index contributed by atoms with van der Waals surface area (Å²) in [6, 6.07) is 0. The van der Waals surface area contributed by atoms with Gasteiger partial charge in [-0.2, -0.15) is 0 Å². The van der Waals surface area contributed by atoms with Gasteiger partial charge in [0.2, 0.25) is 10.0 Å². The van der Waals surface area contributed by atoms with E-state index in [1.807, 2.05) is 0 Å². The third-order valence-corrected chi connectivity index (χ3v) is 2.78. The molecule has 0 amide bonds. The molecule has 8 heteroatoms. The number of rotatable bonds is 4. The molecule has 13 heavy (non-hydrogen) atoms. The Hall–Kier alpha value is -1.18. The standard InChI is InChI=1S/C5H11N5O2S/c1-3-4-13(11,12)7-5-6-8-9-10(5)2/h3-4H2,1-2H3,(H,6,7,9). The van der Waals surface area contributed by atoms with Crippen LogP contribution in [0, 0.1) is 0 Å². The fourth-order valence-electron chi connectivity index (χ4n) is 0.775. The number of hydrogen-bond donors (Lipinski definition) is 1. The Morgan fingerprint density at radius 2 is 2.23 bits per heavy atom. The summed E-state index contributed by atoms with van der Waals surface area (Å²) in [6.07, 6.45) is 0.556. The first-order chi connectivity index (χ1) is 6.05. The summed E-state index contributed by atoms with van der Waals surface area (Å²) in [7, 11) is -1.73. The molecule has 1 aromatic heterocycles. The first-order valence-electron chi connectivity index (χ1n) is 3.78. The normalized spacial score (nSPS) is 11.5. The second-order valence-electron chi connectivity index (χ2n) is 2.55. The minimum Gasteiger partial charge on any atom is -0.250 e. The van der Waals surface area contributed by atoms with E-state index in [1.54, 1.807) is 14.0 Å². The molecule has 0 aliphatic heterocycles. The third-order valence-electron chi connectivity index (χ3n) is 1.34. The number of anilines is 1. The third kappa shape index (κ3) is 2.65. The second-order valence-corrected chi connectivity index (χ2v) is 4.39. The minimum absolute atomic E-state index is 0.0693. The molecule has 74 valence electrons. The molecule has 0 spiro atoms. The van der Waals surface area contributed by atoms with Crippen LogP contribution in [0.15, 0.2) is 0 Å². The molecule has 0 fully saturated rings. The van der Waals surface area contributed by atoms with Crippen LogP contribution in [0.2, 0.25) is 0 Å². The lowest BCUT2D eigenvalue weighted by Gasteiger charge is -2.03. The molecule has 1 aromatic rings. The minimum atomic E-state index is -3.29. The average Bonchev–Trinajstić information content (AvgIpc) is 2.35. The lowest BCUT2D eigenvalue weighted by Crippen LogP contribution is -2.18. The van der Waals surface area contributed by atoms with Crippen LogP contribution >= 0.6 is 0 Å². The highest BCUT2D eigenvalue weighted by Gasteiger charge is 2.12. The Kier molecular flexibility index (Phi) is 2.81. The predicted octanol–water partition coefficient (Wildman–Crippen LogP) is -0.638. The number of aromatic nitrogens is 4. The molecule has 1 N–H and O–H groups in total. The number of aryl methyl sites for hydroxylation is 1. The largest absolute Gasteiger partial charge is 0.256 e. The zero-order valence-electron chi connectivity index (χ0n) is 7.43. The molecule has 0 atom stereocenters. The molecule has 0 aliphatic rings. The molecule has 0 bridgehead atoms. The van der Waals surface area contributed by atoms with E-state index < -0.39 is 10.0 Å². The van der Waals surface area contributed by atoms with Crippen molar-refractivity contribution in [2.45, 2.75) is 13.3 Å². The first-order valence-corrected chi connectivity index (χ1v) is 5.43. The summed E-state index contributed by atoms with van der Waals surface area (Å²) in [6.45, 7) is 1.79. The van der Waals surface area contributed by atoms with E-state index in [4.69, 9.17) is 0 Å². The van der Waals surface area contributed by atoms with Gasteiger partial charge in [-0.1, -0.05) is 12.0 Å². The fourth-order valence-corrected chi connectivity index (χ4v) is 1.87. The Balaban J connectivity index is 2.75. The summed E-state index contributed by atoms with van der Waals surface area (Å²) >= 11 is 0. The van der Waals surface area contributed by atoms with E-state index in [1.165, 1.54) is 4.68 Å². The molecule has 0 radical (unpaired) electrons. The van der Waals surface area contributed by atoms with Gasteiger partial charge in [0, 0.05) is 7.05 Å². The number of hydrogen-bond acceptors (Lipinski definition) is 5. The maximum Gasteiger partial charge on any atom is 0.256 e. The molecule has 0 aliphatic carbocycles. The van der Waals surface area contributed by atoms with Gasteiger partial charge in [-0.25, -0.2) is 13.1 Å². The van der Waals surface area contributed by atoms with Gasteiger partial charge in [0.15, 0.2) is 0 Å². The van der Waals surface area contributed by atoms with Crippen LogP contribution in [0.3, 0.4) is 0 Å². The van der Waals surface area contributed by atoms with Crippen molar-refractivity contribution in [1.29, 1.82) is 0 Å². The maximum atomic E-state index is 11.2. The van der Waals surface area contributed by atoms with E-state index in [0.717, 1.165) is 0 Å². The summed E-state index contributed by atoms with van der Waals surface area (Å²) < 4.78 is 26.0. The quantitative estimate of drug-likeness (QED) is 0.706. The van der Waals surface area contributed by atoms with Crippen LogP contribution in [-0.4, -0.2) is 34.4 Å². The van der Waals surface area contributed by atoms with Gasteiger partial charge in [0.05, 0.1) is 5.75 Å². The summed E-state index contributed by atoms with van der Waals surface area (Å²) in [4.78, 5) is 0. The zero-order chi connectivity index (χ0) is 9.90. The molecule has 0 saturated carbocycles. The topological polar surface area (TPSA) is 89.8 Å². The monoisotopic (exact) mass is 205 g/mol. The lowest BCUT2D eigenvalue weighted by atomic mass is 10.6.